The van der Waals surface area contributed by atoms with Crippen LogP contribution in [0.1, 0.15) is 23.3 Å². The van der Waals surface area contributed by atoms with Gasteiger partial charge in [-0.1, -0.05) is 0 Å². The lowest BCUT2D eigenvalue weighted by Crippen LogP contribution is -2.42. The van der Waals surface area contributed by atoms with Gasteiger partial charge in [0.15, 0.2) is 0 Å². The molecule has 0 atom stereocenters. The highest BCUT2D eigenvalue weighted by atomic mass is 16.5. The number of rotatable bonds is 3. The van der Waals surface area contributed by atoms with Gasteiger partial charge in [0, 0.05) is 50.6 Å². The molecular weight excluding hydrogens is 270 g/mol. The first-order valence-corrected chi connectivity index (χ1v) is 6.82. The molecule has 0 N–H and O–H groups in total. The first-order valence-electron chi connectivity index (χ1n) is 6.82. The van der Waals surface area contributed by atoms with Gasteiger partial charge in [0.25, 0.3) is 5.91 Å². The van der Waals surface area contributed by atoms with E-state index in [9.17, 15) is 4.79 Å². The van der Waals surface area contributed by atoms with Gasteiger partial charge in [-0.25, -0.2) is 4.98 Å². The summed E-state index contributed by atoms with van der Waals surface area (Å²) < 4.78 is 5.75. The van der Waals surface area contributed by atoms with E-state index in [2.05, 4.69) is 20.2 Å². The lowest BCUT2D eigenvalue weighted by atomic mass is 10.1. The number of likely N-dealkylation sites (tertiary alicyclic amines) is 1. The average molecular weight is 285 g/mol. The van der Waals surface area contributed by atoms with Gasteiger partial charge in [-0.05, 0) is 6.07 Å². The van der Waals surface area contributed by atoms with Gasteiger partial charge < -0.3 is 9.64 Å². The highest BCUT2D eigenvalue weighted by Gasteiger charge is 2.25. The van der Waals surface area contributed by atoms with Gasteiger partial charge in [-0.2, -0.15) is 5.10 Å². The largest absolute Gasteiger partial charge is 0.473 e. The van der Waals surface area contributed by atoms with Crippen LogP contribution in [-0.2, 0) is 0 Å². The van der Waals surface area contributed by atoms with Crippen molar-refractivity contribution >= 4 is 5.91 Å². The third kappa shape index (κ3) is 3.31. The van der Waals surface area contributed by atoms with Crippen LogP contribution in [0.3, 0.4) is 0 Å². The molecule has 3 heterocycles. The van der Waals surface area contributed by atoms with Crippen molar-refractivity contribution in [1.29, 1.82) is 0 Å². The minimum Gasteiger partial charge on any atom is -0.473 e. The highest BCUT2D eigenvalue weighted by molar-refractivity contribution is 5.92. The molecule has 1 amide bonds. The molecule has 2 aromatic rings. The van der Waals surface area contributed by atoms with Gasteiger partial charge in [-0.3, -0.25) is 9.78 Å². The van der Waals surface area contributed by atoms with E-state index in [-0.39, 0.29) is 12.0 Å². The number of ether oxygens (including phenoxy) is 1. The zero-order chi connectivity index (χ0) is 14.5. The van der Waals surface area contributed by atoms with Gasteiger partial charge >= 0.3 is 0 Å². The predicted molar refractivity (Wildman–Crippen MR) is 73.6 cm³/mol. The van der Waals surface area contributed by atoms with Crippen LogP contribution >= 0.6 is 0 Å². The summed E-state index contributed by atoms with van der Waals surface area (Å²) in [5.41, 5.74) is 0.380. The Hall–Kier alpha value is -2.57. The van der Waals surface area contributed by atoms with E-state index in [0.29, 0.717) is 24.7 Å². The molecular formula is C14H15N5O2. The van der Waals surface area contributed by atoms with Gasteiger partial charge in [-0.15, -0.1) is 5.10 Å². The third-order valence-corrected chi connectivity index (χ3v) is 3.35. The molecule has 21 heavy (non-hydrogen) atoms. The molecule has 3 rings (SSSR count). The maximum atomic E-state index is 12.2. The van der Waals surface area contributed by atoms with Crippen LogP contribution in [0, 0.1) is 0 Å². The van der Waals surface area contributed by atoms with E-state index in [1.165, 1.54) is 12.4 Å². The maximum absolute atomic E-state index is 12.2. The summed E-state index contributed by atoms with van der Waals surface area (Å²) in [7, 11) is 0. The highest BCUT2D eigenvalue weighted by Crippen LogP contribution is 2.17. The molecule has 0 bridgehead atoms. The number of hydrogen-bond donors (Lipinski definition) is 0. The molecule has 7 heteroatoms. The molecule has 0 unspecified atom stereocenters. The SMILES string of the molecule is O=C(c1cnccn1)N1CCC(Oc2cccnn2)CC1. The fourth-order valence-corrected chi connectivity index (χ4v) is 2.27. The summed E-state index contributed by atoms with van der Waals surface area (Å²) in [6, 6.07) is 3.57. The third-order valence-electron chi connectivity index (χ3n) is 3.35. The van der Waals surface area contributed by atoms with Gasteiger partial charge in [0.2, 0.25) is 5.88 Å². The molecule has 0 aliphatic carbocycles. The molecule has 0 saturated carbocycles. The summed E-state index contributed by atoms with van der Waals surface area (Å²) in [4.78, 5) is 22.0. The second kappa shape index (κ2) is 6.25. The van der Waals surface area contributed by atoms with E-state index in [4.69, 9.17) is 4.74 Å². The quantitative estimate of drug-likeness (QED) is 0.835. The number of hydrogen-bond acceptors (Lipinski definition) is 6. The number of amides is 1. The zero-order valence-electron chi connectivity index (χ0n) is 11.4. The minimum absolute atomic E-state index is 0.0626. The first kappa shape index (κ1) is 13.4. The Labute approximate surface area is 122 Å². The summed E-state index contributed by atoms with van der Waals surface area (Å²) in [5, 5.41) is 7.68. The fourth-order valence-electron chi connectivity index (χ4n) is 2.27. The van der Waals surface area contributed by atoms with Crippen molar-refractivity contribution in [3.05, 3.63) is 42.6 Å². The number of aromatic nitrogens is 4. The summed E-state index contributed by atoms with van der Waals surface area (Å²) >= 11 is 0. The van der Waals surface area contributed by atoms with Crippen molar-refractivity contribution in [2.45, 2.75) is 18.9 Å². The number of carbonyl (C=O) groups is 1. The van der Waals surface area contributed by atoms with Crippen molar-refractivity contribution in [2.24, 2.45) is 0 Å². The Kier molecular flexibility index (Phi) is 3.99. The molecule has 1 saturated heterocycles. The molecule has 0 radical (unpaired) electrons. The fraction of sp³-hybridized carbons (Fsp3) is 0.357. The van der Waals surface area contributed by atoms with E-state index in [0.717, 1.165) is 12.8 Å². The lowest BCUT2D eigenvalue weighted by Gasteiger charge is -2.31. The second-order valence-electron chi connectivity index (χ2n) is 4.76. The van der Waals surface area contributed by atoms with Crippen LogP contribution in [0.4, 0.5) is 0 Å². The minimum atomic E-state index is -0.0824. The van der Waals surface area contributed by atoms with E-state index in [1.807, 2.05) is 0 Å². The smallest absolute Gasteiger partial charge is 0.274 e. The second-order valence-corrected chi connectivity index (χ2v) is 4.76. The Morgan fingerprint density at radius 1 is 1.24 bits per heavy atom. The summed E-state index contributed by atoms with van der Waals surface area (Å²) in [6.07, 6.45) is 7.77. The van der Waals surface area contributed by atoms with Crippen molar-refractivity contribution < 1.29 is 9.53 Å². The van der Waals surface area contributed by atoms with Crippen LogP contribution in [0.25, 0.3) is 0 Å². The van der Waals surface area contributed by atoms with E-state index in [1.54, 1.807) is 29.4 Å². The summed E-state index contributed by atoms with van der Waals surface area (Å²) in [5.74, 6) is 0.442. The van der Waals surface area contributed by atoms with Crippen LogP contribution in [-0.4, -0.2) is 50.2 Å². The standard InChI is InChI=1S/C14H15N5O2/c20-14(12-10-15-6-7-16-12)19-8-3-11(4-9-19)21-13-2-1-5-17-18-13/h1-2,5-7,10-11H,3-4,8-9H2. The number of nitrogens with zero attached hydrogens (tertiary/aromatic N) is 5. The molecule has 2 aromatic heterocycles. The Balaban J connectivity index is 1.54. The molecule has 7 nitrogen and oxygen atoms in total. The molecule has 1 aliphatic rings. The van der Waals surface area contributed by atoms with Crippen LogP contribution in [0.2, 0.25) is 0 Å². The Morgan fingerprint density at radius 3 is 2.76 bits per heavy atom. The van der Waals surface area contributed by atoms with Crippen molar-refractivity contribution in [3.8, 4) is 5.88 Å². The first-order chi connectivity index (χ1) is 10.3. The van der Waals surface area contributed by atoms with Gasteiger partial charge in [0.05, 0.1) is 6.20 Å². The number of carbonyl (C=O) groups excluding carboxylic acids is 1. The zero-order valence-corrected chi connectivity index (χ0v) is 11.4. The topological polar surface area (TPSA) is 81.1 Å². The van der Waals surface area contributed by atoms with Crippen LogP contribution in [0.15, 0.2) is 36.9 Å². The van der Waals surface area contributed by atoms with Crippen molar-refractivity contribution in [3.63, 3.8) is 0 Å². The molecule has 0 aromatic carbocycles. The Morgan fingerprint density at radius 2 is 2.10 bits per heavy atom. The molecule has 1 fully saturated rings. The number of piperidine rings is 1. The molecule has 1 aliphatic heterocycles. The predicted octanol–water partition coefficient (Wildman–Crippen LogP) is 0.950. The maximum Gasteiger partial charge on any atom is 0.274 e. The molecule has 108 valence electrons. The van der Waals surface area contributed by atoms with E-state index < -0.39 is 0 Å². The average Bonchev–Trinajstić information content (AvgIpc) is 2.57. The normalized spacial score (nSPS) is 15.7. The van der Waals surface area contributed by atoms with Crippen LogP contribution < -0.4 is 4.74 Å². The monoisotopic (exact) mass is 285 g/mol. The Bertz CT molecular complexity index is 585. The van der Waals surface area contributed by atoms with Crippen molar-refractivity contribution in [1.82, 2.24) is 25.1 Å². The van der Waals surface area contributed by atoms with Crippen molar-refractivity contribution in [2.75, 3.05) is 13.1 Å². The summed E-state index contributed by atoms with van der Waals surface area (Å²) in [6.45, 7) is 1.28. The van der Waals surface area contributed by atoms with Crippen LogP contribution in [0.5, 0.6) is 5.88 Å². The molecule has 0 spiro atoms. The van der Waals surface area contributed by atoms with E-state index >= 15 is 0 Å². The van der Waals surface area contributed by atoms with Gasteiger partial charge in [0.1, 0.15) is 11.8 Å². The lowest BCUT2D eigenvalue weighted by molar-refractivity contribution is 0.0580.